The van der Waals surface area contributed by atoms with E-state index < -0.39 is 10.0 Å². The van der Waals surface area contributed by atoms with E-state index in [0.717, 1.165) is 5.56 Å². The molecule has 0 bridgehead atoms. The zero-order valence-corrected chi connectivity index (χ0v) is 11.9. The Labute approximate surface area is 113 Å². The summed E-state index contributed by atoms with van der Waals surface area (Å²) >= 11 is 0. The molecule has 1 amide bonds. The van der Waals surface area contributed by atoms with Gasteiger partial charge in [0.25, 0.3) is 0 Å². The summed E-state index contributed by atoms with van der Waals surface area (Å²) in [5, 5.41) is 0. The third kappa shape index (κ3) is 3.33. The molecule has 0 aromatic heterocycles. The van der Waals surface area contributed by atoms with Gasteiger partial charge >= 0.3 is 0 Å². The van der Waals surface area contributed by atoms with Crippen LogP contribution < -0.4 is 4.72 Å². The van der Waals surface area contributed by atoms with E-state index in [-0.39, 0.29) is 23.3 Å². The highest BCUT2D eigenvalue weighted by Gasteiger charge is 2.27. The first kappa shape index (κ1) is 14.0. The standard InChI is InChI=1S/C13H18N2O3S/c1-10-3-5-12(6-4-10)19(17,18)14-11-7-8-15(2)13(16)9-11/h3-6,11,14H,7-9H2,1-2H3. The maximum Gasteiger partial charge on any atom is 0.240 e. The van der Waals surface area contributed by atoms with E-state index in [1.165, 1.54) is 0 Å². The molecule has 104 valence electrons. The van der Waals surface area contributed by atoms with Crippen molar-refractivity contribution in [3.8, 4) is 0 Å². The summed E-state index contributed by atoms with van der Waals surface area (Å²) < 4.78 is 26.9. The van der Waals surface area contributed by atoms with E-state index >= 15 is 0 Å². The normalized spacial score (nSPS) is 20.6. The number of piperidine rings is 1. The second-order valence-corrected chi connectivity index (χ2v) is 6.65. The van der Waals surface area contributed by atoms with E-state index in [2.05, 4.69) is 4.72 Å². The average molecular weight is 282 g/mol. The Balaban J connectivity index is 2.09. The number of benzene rings is 1. The number of carbonyl (C=O) groups is 1. The lowest BCUT2D eigenvalue weighted by Gasteiger charge is -2.29. The monoisotopic (exact) mass is 282 g/mol. The van der Waals surface area contributed by atoms with Crippen molar-refractivity contribution in [2.24, 2.45) is 0 Å². The summed E-state index contributed by atoms with van der Waals surface area (Å²) in [5.41, 5.74) is 1.01. The third-order valence-electron chi connectivity index (χ3n) is 3.31. The molecule has 1 atom stereocenters. The number of nitrogens with zero attached hydrogens (tertiary/aromatic N) is 1. The van der Waals surface area contributed by atoms with Crippen LogP contribution in [0.1, 0.15) is 18.4 Å². The molecule has 1 N–H and O–H groups in total. The molecule has 6 heteroatoms. The molecule has 1 aliphatic heterocycles. The number of likely N-dealkylation sites (tertiary alicyclic amines) is 1. The van der Waals surface area contributed by atoms with Crippen molar-refractivity contribution < 1.29 is 13.2 Å². The first-order valence-corrected chi connectivity index (χ1v) is 7.70. The van der Waals surface area contributed by atoms with Gasteiger partial charge < -0.3 is 4.90 Å². The molecule has 1 aromatic rings. The van der Waals surface area contributed by atoms with Gasteiger partial charge in [0.05, 0.1) is 4.90 Å². The molecule has 1 aliphatic rings. The van der Waals surface area contributed by atoms with Crippen LogP contribution in [-0.2, 0) is 14.8 Å². The lowest BCUT2D eigenvalue weighted by atomic mass is 10.1. The van der Waals surface area contributed by atoms with Crippen LogP contribution in [0.5, 0.6) is 0 Å². The molecule has 1 aromatic carbocycles. The first-order chi connectivity index (χ1) is 8.88. The number of aryl methyl sites for hydroxylation is 1. The lowest BCUT2D eigenvalue weighted by Crippen LogP contribution is -2.46. The number of sulfonamides is 1. The first-order valence-electron chi connectivity index (χ1n) is 6.21. The summed E-state index contributed by atoms with van der Waals surface area (Å²) in [6.45, 7) is 2.49. The third-order valence-corrected chi connectivity index (χ3v) is 4.85. The Bertz CT molecular complexity index is 566. The fourth-order valence-electron chi connectivity index (χ4n) is 2.05. The van der Waals surface area contributed by atoms with E-state index in [1.54, 1.807) is 36.2 Å². The maximum absolute atomic E-state index is 12.2. The number of amides is 1. The second kappa shape index (κ2) is 5.30. The highest BCUT2D eigenvalue weighted by molar-refractivity contribution is 7.89. The van der Waals surface area contributed by atoms with Crippen LogP contribution in [0.2, 0.25) is 0 Å². The molecule has 1 saturated heterocycles. The van der Waals surface area contributed by atoms with Crippen LogP contribution in [0.15, 0.2) is 29.2 Å². The van der Waals surface area contributed by atoms with Crippen molar-refractivity contribution >= 4 is 15.9 Å². The minimum absolute atomic E-state index is 0.0251. The predicted molar refractivity (Wildman–Crippen MR) is 72.2 cm³/mol. The van der Waals surface area contributed by atoms with Crippen LogP contribution >= 0.6 is 0 Å². The molecule has 5 nitrogen and oxygen atoms in total. The summed E-state index contributed by atoms with van der Waals surface area (Å²) in [6, 6.07) is 6.36. The summed E-state index contributed by atoms with van der Waals surface area (Å²) in [4.78, 5) is 13.4. The van der Waals surface area contributed by atoms with Crippen LogP contribution in [0.3, 0.4) is 0 Å². The SMILES string of the molecule is Cc1ccc(S(=O)(=O)NC2CCN(C)C(=O)C2)cc1. The quantitative estimate of drug-likeness (QED) is 0.895. The van der Waals surface area contributed by atoms with Gasteiger partial charge in [-0.05, 0) is 25.5 Å². The number of rotatable bonds is 3. The van der Waals surface area contributed by atoms with Gasteiger partial charge in [0, 0.05) is 26.1 Å². The summed E-state index contributed by atoms with van der Waals surface area (Å²) in [6.07, 6.45) is 0.870. The smallest absolute Gasteiger partial charge is 0.240 e. The van der Waals surface area contributed by atoms with Crippen LogP contribution in [0.25, 0.3) is 0 Å². The lowest BCUT2D eigenvalue weighted by molar-refractivity contribution is -0.132. The van der Waals surface area contributed by atoms with Gasteiger partial charge in [-0.25, -0.2) is 13.1 Å². The van der Waals surface area contributed by atoms with Gasteiger partial charge in [-0.2, -0.15) is 0 Å². The maximum atomic E-state index is 12.2. The van der Waals surface area contributed by atoms with Gasteiger partial charge in [-0.1, -0.05) is 17.7 Å². The minimum atomic E-state index is -3.54. The molecule has 0 radical (unpaired) electrons. The minimum Gasteiger partial charge on any atom is -0.346 e. The largest absolute Gasteiger partial charge is 0.346 e. The van der Waals surface area contributed by atoms with Crippen molar-refractivity contribution in [2.75, 3.05) is 13.6 Å². The van der Waals surface area contributed by atoms with Gasteiger partial charge in [0.1, 0.15) is 0 Å². The van der Waals surface area contributed by atoms with Crippen LogP contribution in [0, 0.1) is 6.92 Å². The van der Waals surface area contributed by atoms with Gasteiger partial charge in [-0.3, -0.25) is 4.79 Å². The number of carbonyl (C=O) groups excluding carboxylic acids is 1. The molecule has 1 unspecified atom stereocenters. The molecular weight excluding hydrogens is 264 g/mol. The van der Waals surface area contributed by atoms with Gasteiger partial charge in [0.15, 0.2) is 0 Å². The average Bonchev–Trinajstić information content (AvgIpc) is 2.34. The van der Waals surface area contributed by atoms with E-state index in [9.17, 15) is 13.2 Å². The van der Waals surface area contributed by atoms with Crippen LogP contribution in [0.4, 0.5) is 0 Å². The fourth-order valence-corrected chi connectivity index (χ4v) is 3.32. The summed E-state index contributed by atoms with van der Waals surface area (Å²) in [5.74, 6) is -0.0251. The molecule has 1 heterocycles. The molecule has 0 spiro atoms. The number of nitrogens with one attached hydrogen (secondary N) is 1. The highest BCUT2D eigenvalue weighted by Crippen LogP contribution is 2.15. The molecule has 1 fully saturated rings. The molecular formula is C13H18N2O3S. The Morgan fingerprint density at radius 2 is 1.89 bits per heavy atom. The van der Waals surface area contributed by atoms with Crippen molar-refractivity contribution in [3.63, 3.8) is 0 Å². The Hall–Kier alpha value is -1.40. The zero-order chi connectivity index (χ0) is 14.0. The molecule has 0 saturated carbocycles. The number of hydrogen-bond donors (Lipinski definition) is 1. The number of hydrogen-bond acceptors (Lipinski definition) is 3. The highest BCUT2D eigenvalue weighted by atomic mass is 32.2. The van der Waals surface area contributed by atoms with Crippen molar-refractivity contribution in [1.82, 2.24) is 9.62 Å². The molecule has 0 aliphatic carbocycles. The van der Waals surface area contributed by atoms with Crippen molar-refractivity contribution in [3.05, 3.63) is 29.8 Å². The van der Waals surface area contributed by atoms with E-state index in [4.69, 9.17) is 0 Å². The van der Waals surface area contributed by atoms with Crippen molar-refractivity contribution in [2.45, 2.75) is 30.7 Å². The summed E-state index contributed by atoms with van der Waals surface area (Å²) in [7, 11) is -1.81. The molecule has 2 rings (SSSR count). The second-order valence-electron chi connectivity index (χ2n) is 4.94. The van der Waals surface area contributed by atoms with Gasteiger partial charge in [0.2, 0.25) is 15.9 Å². The Morgan fingerprint density at radius 3 is 2.47 bits per heavy atom. The zero-order valence-electron chi connectivity index (χ0n) is 11.1. The van der Waals surface area contributed by atoms with E-state index in [0.29, 0.717) is 13.0 Å². The van der Waals surface area contributed by atoms with Crippen LogP contribution in [-0.4, -0.2) is 38.9 Å². The Morgan fingerprint density at radius 1 is 1.26 bits per heavy atom. The van der Waals surface area contributed by atoms with Crippen molar-refractivity contribution in [1.29, 1.82) is 0 Å². The Kier molecular flexibility index (Phi) is 3.91. The fraction of sp³-hybridized carbons (Fsp3) is 0.462. The van der Waals surface area contributed by atoms with Gasteiger partial charge in [-0.15, -0.1) is 0 Å². The topological polar surface area (TPSA) is 66.5 Å². The molecule has 19 heavy (non-hydrogen) atoms. The van der Waals surface area contributed by atoms with E-state index in [1.807, 2.05) is 6.92 Å². The predicted octanol–water partition coefficient (Wildman–Crippen LogP) is 0.894.